The summed E-state index contributed by atoms with van der Waals surface area (Å²) in [7, 11) is 0. The van der Waals surface area contributed by atoms with Crippen molar-refractivity contribution in [3.8, 4) is 0 Å². The third-order valence-corrected chi connectivity index (χ3v) is 6.97. The Morgan fingerprint density at radius 3 is 1.75 bits per heavy atom. The molecule has 0 heteroatoms. The monoisotopic (exact) mass is 218 g/mol. The molecule has 1 spiro atoms. The fourth-order valence-corrected chi connectivity index (χ4v) is 6.24. The van der Waals surface area contributed by atoms with Gasteiger partial charge in [0.05, 0.1) is 0 Å². The molecule has 0 radical (unpaired) electrons. The molecule has 0 saturated heterocycles. The van der Waals surface area contributed by atoms with Crippen LogP contribution in [-0.4, -0.2) is 0 Å². The van der Waals surface area contributed by atoms with Gasteiger partial charge >= 0.3 is 0 Å². The Morgan fingerprint density at radius 2 is 1.25 bits per heavy atom. The third kappa shape index (κ3) is 1.22. The van der Waals surface area contributed by atoms with E-state index >= 15 is 0 Å². The van der Waals surface area contributed by atoms with Crippen LogP contribution in [0, 0.1) is 35.0 Å². The molecule has 4 bridgehead atoms. The van der Waals surface area contributed by atoms with Crippen molar-refractivity contribution in [3.05, 3.63) is 0 Å². The van der Waals surface area contributed by atoms with Crippen molar-refractivity contribution < 1.29 is 0 Å². The average molecular weight is 218 g/mol. The molecule has 0 amide bonds. The van der Waals surface area contributed by atoms with Crippen molar-refractivity contribution in [1.29, 1.82) is 0 Å². The summed E-state index contributed by atoms with van der Waals surface area (Å²) in [5.74, 6) is 5.68. The predicted octanol–water partition coefficient (Wildman–Crippen LogP) is 4.64. The minimum absolute atomic E-state index is 0.861. The molecule has 5 aliphatic carbocycles. The summed E-state index contributed by atoms with van der Waals surface area (Å²) >= 11 is 0. The van der Waals surface area contributed by atoms with E-state index in [2.05, 4.69) is 6.92 Å². The Hall–Kier alpha value is 0. The summed E-state index contributed by atoms with van der Waals surface area (Å²) in [6.07, 6.45) is 14.4. The lowest BCUT2D eigenvalue weighted by Crippen LogP contribution is -2.54. The highest BCUT2D eigenvalue weighted by Gasteiger charge is 2.56. The number of hydrogen-bond acceptors (Lipinski definition) is 0. The first-order valence-corrected chi connectivity index (χ1v) is 7.76. The molecule has 0 aromatic rings. The van der Waals surface area contributed by atoms with Crippen LogP contribution >= 0.6 is 0 Å². The Labute approximate surface area is 100 Å². The second-order valence-electron chi connectivity index (χ2n) is 7.72. The van der Waals surface area contributed by atoms with Crippen LogP contribution in [0.2, 0.25) is 0 Å². The highest BCUT2D eigenvalue weighted by atomic mass is 14.6. The molecule has 5 saturated carbocycles. The van der Waals surface area contributed by atoms with E-state index in [1.54, 1.807) is 57.8 Å². The second-order valence-corrected chi connectivity index (χ2v) is 7.72. The maximum Gasteiger partial charge on any atom is -0.0240 e. The van der Waals surface area contributed by atoms with Crippen LogP contribution in [0.4, 0.5) is 0 Å². The first kappa shape index (κ1) is 9.97. The van der Waals surface area contributed by atoms with E-state index in [1.165, 1.54) is 0 Å². The molecule has 0 N–H and O–H groups in total. The van der Waals surface area contributed by atoms with E-state index < -0.39 is 0 Å². The van der Waals surface area contributed by atoms with Gasteiger partial charge in [-0.25, -0.2) is 0 Å². The van der Waals surface area contributed by atoms with Crippen molar-refractivity contribution >= 4 is 0 Å². The van der Waals surface area contributed by atoms with Crippen LogP contribution in [0.15, 0.2) is 0 Å². The topological polar surface area (TPSA) is 0 Å². The minimum Gasteiger partial charge on any atom is -0.0625 e. The lowest BCUT2D eigenvalue weighted by Gasteiger charge is -2.63. The fourth-order valence-electron chi connectivity index (χ4n) is 6.24. The molecular formula is C16H26. The maximum absolute atomic E-state index is 2.48. The van der Waals surface area contributed by atoms with Crippen LogP contribution in [0.25, 0.3) is 0 Å². The fraction of sp³-hybridized carbons (Fsp3) is 1.00. The van der Waals surface area contributed by atoms with Crippen LogP contribution in [0.1, 0.15) is 64.7 Å². The minimum atomic E-state index is 0.861. The number of rotatable bonds is 0. The van der Waals surface area contributed by atoms with Crippen molar-refractivity contribution in [1.82, 2.24) is 0 Å². The van der Waals surface area contributed by atoms with Crippen molar-refractivity contribution in [2.45, 2.75) is 64.7 Å². The summed E-state index contributed by atoms with van der Waals surface area (Å²) in [5.41, 5.74) is 0.861. The van der Waals surface area contributed by atoms with Gasteiger partial charge < -0.3 is 0 Å². The Bertz CT molecular complexity index is 252. The van der Waals surface area contributed by atoms with Gasteiger partial charge in [-0.3, -0.25) is 0 Å². The molecule has 5 rings (SSSR count). The van der Waals surface area contributed by atoms with E-state index in [1.807, 2.05) is 0 Å². The summed E-state index contributed by atoms with van der Waals surface area (Å²) in [6, 6.07) is 0. The molecule has 16 heavy (non-hydrogen) atoms. The van der Waals surface area contributed by atoms with Crippen molar-refractivity contribution in [2.24, 2.45) is 35.0 Å². The zero-order chi connectivity index (χ0) is 10.8. The van der Waals surface area contributed by atoms with Crippen molar-refractivity contribution in [3.63, 3.8) is 0 Å². The van der Waals surface area contributed by atoms with Crippen LogP contribution in [-0.2, 0) is 0 Å². The van der Waals surface area contributed by atoms with E-state index in [0.717, 1.165) is 35.0 Å². The normalized spacial score (nSPS) is 59.4. The van der Waals surface area contributed by atoms with Gasteiger partial charge in [-0.05, 0) is 80.0 Å². The van der Waals surface area contributed by atoms with Gasteiger partial charge in [0, 0.05) is 0 Å². The van der Waals surface area contributed by atoms with Gasteiger partial charge in [-0.15, -0.1) is 0 Å². The van der Waals surface area contributed by atoms with Crippen LogP contribution in [0.5, 0.6) is 0 Å². The number of hydrogen-bond donors (Lipinski definition) is 0. The highest BCUT2D eigenvalue weighted by molar-refractivity contribution is 5.06. The lowest BCUT2D eigenvalue weighted by atomic mass is 9.42. The predicted molar refractivity (Wildman–Crippen MR) is 67.1 cm³/mol. The SMILES string of the molecule is CC1CCC2(CC1)C1CC3CC(C1)CC2C3. The smallest absolute Gasteiger partial charge is 0.0240 e. The van der Waals surface area contributed by atoms with E-state index in [4.69, 9.17) is 0 Å². The largest absolute Gasteiger partial charge is 0.0625 e. The van der Waals surface area contributed by atoms with Gasteiger partial charge in [0.2, 0.25) is 0 Å². The summed E-state index contributed by atoms with van der Waals surface area (Å²) in [4.78, 5) is 0. The Morgan fingerprint density at radius 1 is 0.750 bits per heavy atom. The molecule has 5 aliphatic rings. The molecule has 0 aromatic carbocycles. The standard InChI is InChI=1S/C16H26/c1-11-2-4-16(5-3-11)14-7-12-6-13(9-14)10-15(16)8-12/h11-15H,2-10H2,1H3. The molecule has 5 fully saturated rings. The van der Waals surface area contributed by atoms with E-state index in [0.29, 0.717) is 0 Å². The summed E-state index contributed by atoms with van der Waals surface area (Å²) in [5, 5.41) is 0. The molecule has 0 aromatic heterocycles. The Kier molecular flexibility index (Phi) is 2.04. The van der Waals surface area contributed by atoms with E-state index in [9.17, 15) is 0 Å². The summed E-state index contributed by atoms with van der Waals surface area (Å²) < 4.78 is 0. The first-order valence-electron chi connectivity index (χ1n) is 7.76. The van der Waals surface area contributed by atoms with Gasteiger partial charge in [0.25, 0.3) is 0 Å². The van der Waals surface area contributed by atoms with Gasteiger partial charge in [-0.2, -0.15) is 0 Å². The molecule has 0 nitrogen and oxygen atoms in total. The zero-order valence-corrected chi connectivity index (χ0v) is 10.8. The maximum atomic E-state index is 2.48. The molecular weight excluding hydrogens is 192 g/mol. The van der Waals surface area contributed by atoms with Crippen LogP contribution in [0.3, 0.4) is 0 Å². The zero-order valence-electron chi connectivity index (χ0n) is 10.8. The van der Waals surface area contributed by atoms with Gasteiger partial charge in [0.15, 0.2) is 0 Å². The lowest BCUT2D eigenvalue weighted by molar-refractivity contribution is -0.131. The molecule has 0 unspecified atom stereocenters. The molecule has 90 valence electrons. The third-order valence-electron chi connectivity index (χ3n) is 6.97. The quantitative estimate of drug-likeness (QED) is 0.555. The van der Waals surface area contributed by atoms with E-state index in [-0.39, 0.29) is 0 Å². The summed E-state index contributed by atoms with van der Waals surface area (Å²) in [6.45, 7) is 2.48. The van der Waals surface area contributed by atoms with Gasteiger partial charge in [0.1, 0.15) is 0 Å². The van der Waals surface area contributed by atoms with Crippen LogP contribution < -0.4 is 0 Å². The van der Waals surface area contributed by atoms with Crippen molar-refractivity contribution in [2.75, 3.05) is 0 Å². The average Bonchev–Trinajstić information content (AvgIpc) is 2.27. The second kappa shape index (κ2) is 3.27. The van der Waals surface area contributed by atoms with Gasteiger partial charge in [-0.1, -0.05) is 19.8 Å². The molecule has 0 atom stereocenters. The first-order chi connectivity index (χ1) is 7.76. The highest BCUT2D eigenvalue weighted by Crippen LogP contribution is 2.66. The molecule has 0 aliphatic heterocycles. The molecule has 0 heterocycles. The Balaban J connectivity index is 1.64.